The Bertz CT molecular complexity index is 580. The number of hydrogen-bond acceptors (Lipinski definition) is 5. The summed E-state index contributed by atoms with van der Waals surface area (Å²) in [5.41, 5.74) is 6.65. The highest BCUT2D eigenvalue weighted by Crippen LogP contribution is 2.20. The van der Waals surface area contributed by atoms with E-state index in [0.29, 0.717) is 22.3 Å². The van der Waals surface area contributed by atoms with Gasteiger partial charge in [-0.2, -0.15) is 0 Å². The molecule has 5 nitrogen and oxygen atoms in total. The second-order valence-corrected chi connectivity index (χ2v) is 5.70. The van der Waals surface area contributed by atoms with Crippen molar-refractivity contribution in [2.45, 2.75) is 20.3 Å². The summed E-state index contributed by atoms with van der Waals surface area (Å²) < 4.78 is 0. The molecule has 19 heavy (non-hydrogen) atoms. The van der Waals surface area contributed by atoms with Gasteiger partial charge in [-0.15, -0.1) is 10.2 Å². The number of anilines is 2. The highest BCUT2D eigenvalue weighted by Gasteiger charge is 2.12. The van der Waals surface area contributed by atoms with Crippen LogP contribution >= 0.6 is 11.3 Å². The molecule has 100 valence electrons. The summed E-state index contributed by atoms with van der Waals surface area (Å²) >= 11 is 1.40. The lowest BCUT2D eigenvalue weighted by Crippen LogP contribution is -2.13. The number of rotatable bonds is 4. The number of aromatic nitrogens is 2. The molecule has 0 saturated carbocycles. The first-order chi connectivity index (χ1) is 9.06. The van der Waals surface area contributed by atoms with Gasteiger partial charge >= 0.3 is 0 Å². The van der Waals surface area contributed by atoms with Crippen LogP contribution in [-0.4, -0.2) is 16.1 Å². The van der Waals surface area contributed by atoms with E-state index in [1.54, 1.807) is 24.3 Å². The third-order valence-corrected chi connectivity index (χ3v) is 3.34. The molecule has 0 aliphatic rings. The molecular weight excluding hydrogens is 260 g/mol. The Morgan fingerprint density at radius 1 is 1.37 bits per heavy atom. The molecule has 2 rings (SSSR count). The quantitative estimate of drug-likeness (QED) is 0.841. The molecule has 0 aliphatic carbocycles. The van der Waals surface area contributed by atoms with E-state index in [4.69, 9.17) is 5.73 Å². The molecule has 1 amide bonds. The van der Waals surface area contributed by atoms with E-state index in [9.17, 15) is 4.79 Å². The van der Waals surface area contributed by atoms with Crippen molar-refractivity contribution in [1.82, 2.24) is 10.2 Å². The third kappa shape index (κ3) is 3.51. The summed E-state index contributed by atoms with van der Waals surface area (Å²) in [6.07, 6.45) is 0.862. The number of carbonyl (C=O) groups is 1. The minimum atomic E-state index is -0.259. The molecule has 3 N–H and O–H groups in total. The van der Waals surface area contributed by atoms with Gasteiger partial charge in [0, 0.05) is 12.1 Å². The average molecular weight is 276 g/mol. The van der Waals surface area contributed by atoms with Gasteiger partial charge in [-0.05, 0) is 18.1 Å². The number of nitrogens with two attached hydrogens (primary N) is 1. The maximum Gasteiger partial charge on any atom is 0.259 e. The van der Waals surface area contributed by atoms with Gasteiger partial charge in [0.2, 0.25) is 5.13 Å². The average Bonchev–Trinajstić information content (AvgIpc) is 2.76. The maximum absolute atomic E-state index is 12.0. The normalized spacial score (nSPS) is 10.7. The molecule has 0 saturated heterocycles. The highest BCUT2D eigenvalue weighted by molar-refractivity contribution is 7.15. The van der Waals surface area contributed by atoms with E-state index in [-0.39, 0.29) is 5.91 Å². The molecule has 6 heteroatoms. The van der Waals surface area contributed by atoms with E-state index < -0.39 is 0 Å². The van der Waals surface area contributed by atoms with Crippen LogP contribution in [0, 0.1) is 5.92 Å². The maximum atomic E-state index is 12.0. The first kappa shape index (κ1) is 13.5. The van der Waals surface area contributed by atoms with Crippen LogP contribution in [0.4, 0.5) is 10.8 Å². The van der Waals surface area contributed by atoms with Crippen molar-refractivity contribution >= 4 is 28.1 Å². The Kier molecular flexibility index (Phi) is 4.11. The van der Waals surface area contributed by atoms with Crippen LogP contribution in [-0.2, 0) is 6.42 Å². The number of hydrogen-bond donors (Lipinski definition) is 2. The van der Waals surface area contributed by atoms with Gasteiger partial charge in [-0.25, -0.2) is 0 Å². The number of benzene rings is 1. The summed E-state index contributed by atoms with van der Waals surface area (Å²) in [6, 6.07) is 6.94. The lowest BCUT2D eigenvalue weighted by molar-refractivity contribution is 0.102. The molecule has 1 heterocycles. The molecule has 1 aromatic carbocycles. The smallest absolute Gasteiger partial charge is 0.259 e. The van der Waals surface area contributed by atoms with Crippen molar-refractivity contribution in [2.24, 2.45) is 5.92 Å². The summed E-state index contributed by atoms with van der Waals surface area (Å²) in [5, 5.41) is 12.2. The van der Waals surface area contributed by atoms with Gasteiger partial charge in [-0.1, -0.05) is 37.3 Å². The standard InChI is InChI=1S/C13H16N4OS/c1-8(2)7-11-16-17-13(19-11)15-12(18)9-5-3-4-6-10(9)14/h3-6,8H,7,14H2,1-2H3,(H,15,17,18). The monoisotopic (exact) mass is 276 g/mol. The van der Waals surface area contributed by atoms with E-state index in [2.05, 4.69) is 29.4 Å². The number of para-hydroxylation sites is 1. The molecule has 0 unspecified atom stereocenters. The molecule has 0 atom stereocenters. The SMILES string of the molecule is CC(C)Cc1nnc(NC(=O)c2ccccc2N)s1. The van der Waals surface area contributed by atoms with Gasteiger partial charge in [-0.3, -0.25) is 10.1 Å². The summed E-state index contributed by atoms with van der Waals surface area (Å²) in [7, 11) is 0. The number of nitrogen functional groups attached to an aromatic ring is 1. The van der Waals surface area contributed by atoms with Gasteiger partial charge in [0.15, 0.2) is 0 Å². The molecule has 1 aromatic heterocycles. The fourth-order valence-corrected chi connectivity index (χ4v) is 2.55. The van der Waals surface area contributed by atoms with Crippen molar-refractivity contribution in [3.8, 4) is 0 Å². The third-order valence-electron chi connectivity index (χ3n) is 2.48. The Morgan fingerprint density at radius 3 is 2.79 bits per heavy atom. The van der Waals surface area contributed by atoms with Crippen LogP contribution in [0.25, 0.3) is 0 Å². The molecule has 0 bridgehead atoms. The zero-order chi connectivity index (χ0) is 13.8. The van der Waals surface area contributed by atoms with Crippen molar-refractivity contribution in [1.29, 1.82) is 0 Å². The van der Waals surface area contributed by atoms with Crippen LogP contribution < -0.4 is 11.1 Å². The number of carbonyl (C=O) groups excluding carboxylic acids is 1. The Hall–Kier alpha value is -1.95. The Labute approximate surface area is 115 Å². The van der Waals surface area contributed by atoms with Crippen LogP contribution in [0.15, 0.2) is 24.3 Å². The lowest BCUT2D eigenvalue weighted by atomic mass is 10.1. The van der Waals surface area contributed by atoms with E-state index in [0.717, 1.165) is 11.4 Å². The zero-order valence-electron chi connectivity index (χ0n) is 10.9. The first-order valence-electron chi connectivity index (χ1n) is 6.04. The molecule has 2 aromatic rings. The fraction of sp³-hybridized carbons (Fsp3) is 0.308. The molecule has 0 fully saturated rings. The van der Waals surface area contributed by atoms with Crippen LogP contribution in [0.2, 0.25) is 0 Å². The molecular formula is C13H16N4OS. The second-order valence-electron chi connectivity index (χ2n) is 4.64. The van der Waals surface area contributed by atoms with E-state index in [1.807, 2.05) is 0 Å². The number of nitrogens with zero attached hydrogens (tertiary/aromatic N) is 2. The summed E-state index contributed by atoms with van der Waals surface area (Å²) in [6.45, 7) is 4.23. The Morgan fingerprint density at radius 2 is 2.11 bits per heavy atom. The first-order valence-corrected chi connectivity index (χ1v) is 6.86. The molecule has 0 radical (unpaired) electrons. The summed E-state index contributed by atoms with van der Waals surface area (Å²) in [4.78, 5) is 12.0. The van der Waals surface area contributed by atoms with Crippen molar-refractivity contribution < 1.29 is 4.79 Å². The van der Waals surface area contributed by atoms with E-state index in [1.165, 1.54) is 11.3 Å². The predicted molar refractivity (Wildman–Crippen MR) is 77.3 cm³/mol. The van der Waals surface area contributed by atoms with E-state index >= 15 is 0 Å². The highest BCUT2D eigenvalue weighted by atomic mass is 32.1. The van der Waals surface area contributed by atoms with Gasteiger partial charge < -0.3 is 5.73 Å². The minimum Gasteiger partial charge on any atom is -0.398 e. The molecule has 0 spiro atoms. The minimum absolute atomic E-state index is 0.259. The summed E-state index contributed by atoms with van der Waals surface area (Å²) in [5.74, 6) is 0.256. The van der Waals surface area contributed by atoms with Gasteiger partial charge in [0.1, 0.15) is 5.01 Å². The Balaban J connectivity index is 2.07. The topological polar surface area (TPSA) is 80.9 Å². The van der Waals surface area contributed by atoms with Crippen LogP contribution in [0.5, 0.6) is 0 Å². The number of amides is 1. The van der Waals surface area contributed by atoms with Gasteiger partial charge in [0.05, 0.1) is 5.56 Å². The van der Waals surface area contributed by atoms with Crippen molar-refractivity contribution in [3.63, 3.8) is 0 Å². The van der Waals surface area contributed by atoms with Crippen molar-refractivity contribution in [2.75, 3.05) is 11.1 Å². The lowest BCUT2D eigenvalue weighted by Gasteiger charge is -2.03. The van der Waals surface area contributed by atoms with Gasteiger partial charge in [0.25, 0.3) is 5.91 Å². The largest absolute Gasteiger partial charge is 0.398 e. The van der Waals surface area contributed by atoms with Crippen LogP contribution in [0.3, 0.4) is 0 Å². The predicted octanol–water partition coefficient (Wildman–Crippen LogP) is 2.57. The number of nitrogens with one attached hydrogen (secondary N) is 1. The zero-order valence-corrected chi connectivity index (χ0v) is 11.7. The van der Waals surface area contributed by atoms with Crippen molar-refractivity contribution in [3.05, 3.63) is 34.8 Å². The van der Waals surface area contributed by atoms with Crippen LogP contribution in [0.1, 0.15) is 29.2 Å². The second kappa shape index (κ2) is 5.79. The molecule has 0 aliphatic heterocycles. The fourth-order valence-electron chi connectivity index (χ4n) is 1.60.